The monoisotopic (exact) mass is 766 g/mol. The summed E-state index contributed by atoms with van der Waals surface area (Å²) in [4.78, 5) is 11.0. The van der Waals surface area contributed by atoms with Crippen LogP contribution in [0.1, 0.15) is 22.9 Å². The maximum Gasteiger partial charge on any atom is 0.145 e. The Morgan fingerprint density at radius 1 is 0.400 bits per heavy atom. The van der Waals surface area contributed by atoms with E-state index in [9.17, 15) is 0 Å². The van der Waals surface area contributed by atoms with E-state index in [4.69, 9.17) is 9.98 Å². The maximum absolute atomic E-state index is 5.51. The Balaban J connectivity index is 1.00. The molecule has 1 atom stereocenters. The molecule has 3 heterocycles. The average Bonchev–Trinajstić information content (AvgIpc) is 3.90. The highest BCUT2D eigenvalue weighted by atomic mass is 15.1. The number of hydrogen-bond acceptors (Lipinski definition) is 2. The molecule has 60 heavy (non-hydrogen) atoms. The zero-order valence-electron chi connectivity index (χ0n) is 32.8. The number of para-hydroxylation sites is 1. The van der Waals surface area contributed by atoms with Crippen LogP contribution in [0.5, 0.6) is 0 Å². The second-order valence-corrected chi connectivity index (χ2v) is 15.7. The van der Waals surface area contributed by atoms with Crippen molar-refractivity contribution in [2.45, 2.75) is 12.5 Å². The lowest BCUT2D eigenvalue weighted by Crippen LogP contribution is -2.24. The minimum absolute atomic E-state index is 0.0254. The van der Waals surface area contributed by atoms with Gasteiger partial charge < -0.3 is 0 Å². The number of imidazole rings is 1. The molecule has 4 nitrogen and oxygen atoms in total. The van der Waals surface area contributed by atoms with Crippen LogP contribution in [0.4, 0.5) is 0 Å². The van der Waals surface area contributed by atoms with E-state index in [0.29, 0.717) is 0 Å². The fraction of sp³-hybridized carbons (Fsp3) is 0.0357. The molecule has 2 aromatic heterocycles. The first-order valence-corrected chi connectivity index (χ1v) is 20.7. The van der Waals surface area contributed by atoms with Gasteiger partial charge in [-0.3, -0.25) is 14.1 Å². The van der Waals surface area contributed by atoms with Crippen molar-refractivity contribution < 1.29 is 0 Å². The zero-order valence-corrected chi connectivity index (χ0v) is 32.8. The summed E-state index contributed by atoms with van der Waals surface area (Å²) in [6, 6.07) is 76.2. The van der Waals surface area contributed by atoms with Crippen LogP contribution in [0.25, 0.3) is 82.8 Å². The summed E-state index contributed by atoms with van der Waals surface area (Å²) in [6.45, 7) is 0. The molecule has 1 aliphatic rings. The topological polar surface area (TPSA) is 35.1 Å². The predicted octanol–water partition coefficient (Wildman–Crippen LogP) is 13.9. The largest absolute Gasteiger partial charge is 0.297 e. The van der Waals surface area contributed by atoms with E-state index in [-0.39, 0.29) is 6.04 Å². The molecule has 282 valence electrons. The number of nitrogens with zero attached hydrogens (tertiary/aromatic N) is 4. The molecule has 0 aliphatic carbocycles. The third-order valence-corrected chi connectivity index (χ3v) is 12.2. The molecule has 0 radical (unpaired) electrons. The molecule has 0 N–H and O–H groups in total. The van der Waals surface area contributed by atoms with Crippen molar-refractivity contribution >= 4 is 49.2 Å². The quantitative estimate of drug-likeness (QED) is 0.155. The Morgan fingerprint density at radius 3 is 1.68 bits per heavy atom. The molecule has 0 spiro atoms. The molecule has 4 heteroatoms. The minimum atomic E-state index is 0.0254. The molecule has 12 rings (SSSR count). The summed E-state index contributed by atoms with van der Waals surface area (Å²) in [6.07, 6.45) is 0.821. The Labute approximate surface area is 348 Å². The lowest BCUT2D eigenvalue weighted by atomic mass is 9.98. The third kappa shape index (κ3) is 5.45. The number of benzene rings is 9. The fourth-order valence-corrected chi connectivity index (χ4v) is 9.51. The number of rotatable bonds is 6. The maximum atomic E-state index is 5.51. The van der Waals surface area contributed by atoms with Gasteiger partial charge in [-0.1, -0.05) is 194 Å². The summed E-state index contributed by atoms with van der Waals surface area (Å²) < 4.78 is 4.78. The zero-order chi connectivity index (χ0) is 39.6. The SMILES string of the molecule is c1ccc(C2=NC(c3ccccc3)Cc3c4ccccc4c(-c4cccc(-c5ccc(-c6nc7c8ccccc8c8ccccc8c7n6-c6ccccc6)cc5)c4)n32)cc1. The fourth-order valence-electron chi connectivity index (χ4n) is 9.51. The minimum Gasteiger partial charge on any atom is -0.297 e. The Bertz CT molecular complexity index is 3430. The van der Waals surface area contributed by atoms with Crippen molar-refractivity contribution in [2.24, 2.45) is 4.99 Å². The van der Waals surface area contributed by atoms with Gasteiger partial charge in [0.15, 0.2) is 0 Å². The highest BCUT2D eigenvalue weighted by molar-refractivity contribution is 6.24. The Hall–Kier alpha value is -7.82. The Morgan fingerprint density at radius 2 is 0.950 bits per heavy atom. The van der Waals surface area contributed by atoms with Crippen molar-refractivity contribution in [2.75, 3.05) is 0 Å². The van der Waals surface area contributed by atoms with Crippen LogP contribution < -0.4 is 0 Å². The van der Waals surface area contributed by atoms with E-state index in [1.165, 1.54) is 43.9 Å². The molecule has 9 aromatic carbocycles. The van der Waals surface area contributed by atoms with Crippen LogP contribution in [-0.2, 0) is 6.42 Å². The van der Waals surface area contributed by atoms with E-state index in [1.807, 2.05) is 0 Å². The van der Waals surface area contributed by atoms with Gasteiger partial charge in [-0.25, -0.2) is 4.98 Å². The van der Waals surface area contributed by atoms with Gasteiger partial charge in [0.25, 0.3) is 0 Å². The molecular weight excluding hydrogens is 729 g/mol. The molecule has 1 aliphatic heterocycles. The van der Waals surface area contributed by atoms with Gasteiger partial charge in [0, 0.05) is 50.5 Å². The van der Waals surface area contributed by atoms with Gasteiger partial charge in [0.1, 0.15) is 11.7 Å². The van der Waals surface area contributed by atoms with E-state index < -0.39 is 0 Å². The van der Waals surface area contributed by atoms with Crippen LogP contribution >= 0.6 is 0 Å². The standard InChI is InChI=1S/C56H38N4/c1-4-17-38(18-5-1)50-36-51-46-27-12-15-30-49(46)53(60(51)55(57-50)39-19-6-2-7-20-39)42-22-16-21-41(35-42)37-31-33-40(34-32-37)56-58-52-47-28-13-10-25-44(47)45-26-11-14-29-48(45)54(52)59(56)43-23-8-3-9-24-43/h1-35,50H,36H2. The van der Waals surface area contributed by atoms with Crippen molar-refractivity contribution in [3.05, 3.63) is 229 Å². The first-order valence-electron chi connectivity index (χ1n) is 20.7. The first kappa shape index (κ1) is 34.2. The summed E-state index contributed by atoms with van der Waals surface area (Å²) >= 11 is 0. The number of hydrogen-bond donors (Lipinski definition) is 0. The second kappa shape index (κ2) is 13.9. The van der Waals surface area contributed by atoms with E-state index in [1.54, 1.807) is 0 Å². The summed E-state index contributed by atoms with van der Waals surface area (Å²) in [7, 11) is 0. The number of aromatic nitrogens is 3. The van der Waals surface area contributed by atoms with Gasteiger partial charge >= 0.3 is 0 Å². The van der Waals surface area contributed by atoms with Crippen molar-refractivity contribution in [1.29, 1.82) is 0 Å². The molecule has 0 fully saturated rings. The van der Waals surface area contributed by atoms with Gasteiger partial charge in [-0.2, -0.15) is 0 Å². The van der Waals surface area contributed by atoms with Crippen LogP contribution in [0.2, 0.25) is 0 Å². The molecule has 0 amide bonds. The summed E-state index contributed by atoms with van der Waals surface area (Å²) in [5.41, 5.74) is 12.5. The van der Waals surface area contributed by atoms with Gasteiger partial charge in [0.05, 0.1) is 22.8 Å². The second-order valence-electron chi connectivity index (χ2n) is 15.7. The molecule has 1 unspecified atom stereocenters. The lowest BCUT2D eigenvalue weighted by molar-refractivity contribution is 0.676. The van der Waals surface area contributed by atoms with E-state index in [0.717, 1.165) is 68.0 Å². The van der Waals surface area contributed by atoms with Crippen molar-refractivity contribution in [3.63, 3.8) is 0 Å². The van der Waals surface area contributed by atoms with Crippen LogP contribution in [0.15, 0.2) is 217 Å². The summed E-state index contributed by atoms with van der Waals surface area (Å²) in [5.74, 6) is 1.90. The average molecular weight is 767 g/mol. The normalized spacial score (nSPS) is 13.9. The highest BCUT2D eigenvalue weighted by Gasteiger charge is 2.29. The molecule has 11 aromatic rings. The van der Waals surface area contributed by atoms with Crippen LogP contribution in [0, 0.1) is 0 Å². The lowest BCUT2D eigenvalue weighted by Gasteiger charge is -2.26. The molecule has 0 saturated carbocycles. The first-order chi connectivity index (χ1) is 29.8. The van der Waals surface area contributed by atoms with Crippen LogP contribution in [0.3, 0.4) is 0 Å². The predicted molar refractivity (Wildman–Crippen MR) is 249 cm³/mol. The Kier molecular flexibility index (Phi) is 7.95. The number of aliphatic imine (C=N–C) groups is 1. The molecule has 0 saturated heterocycles. The molecular formula is C56H38N4. The summed E-state index contributed by atoms with van der Waals surface area (Å²) in [5, 5.41) is 7.31. The molecule has 0 bridgehead atoms. The smallest absolute Gasteiger partial charge is 0.145 e. The van der Waals surface area contributed by atoms with Crippen LogP contribution in [-0.4, -0.2) is 20.0 Å². The van der Waals surface area contributed by atoms with E-state index in [2.05, 4.69) is 221 Å². The highest BCUT2D eigenvalue weighted by Crippen LogP contribution is 2.43. The van der Waals surface area contributed by atoms with Crippen molar-refractivity contribution in [1.82, 2.24) is 14.1 Å². The third-order valence-electron chi connectivity index (χ3n) is 12.2. The van der Waals surface area contributed by atoms with E-state index >= 15 is 0 Å². The van der Waals surface area contributed by atoms with Gasteiger partial charge in [0.2, 0.25) is 0 Å². The number of fused-ring (bicyclic) bond motifs is 9. The van der Waals surface area contributed by atoms with Crippen molar-refractivity contribution in [3.8, 4) is 39.5 Å². The van der Waals surface area contributed by atoms with Gasteiger partial charge in [-0.05, 0) is 51.2 Å². The van der Waals surface area contributed by atoms with Gasteiger partial charge in [-0.15, -0.1) is 0 Å².